The molecular weight excluding hydrogens is 621 g/mol. The van der Waals surface area contributed by atoms with E-state index in [0.29, 0.717) is 12.0 Å². The van der Waals surface area contributed by atoms with E-state index in [4.69, 9.17) is 0 Å². The van der Waals surface area contributed by atoms with Gasteiger partial charge in [-0.15, -0.1) is 0 Å². The number of rotatable bonds is 17. The molecule has 0 heterocycles. The van der Waals surface area contributed by atoms with Crippen LogP contribution in [0.5, 0.6) is 0 Å². The van der Waals surface area contributed by atoms with Gasteiger partial charge >= 0.3 is 6.18 Å². The second-order valence-corrected chi connectivity index (χ2v) is 11.1. The number of halogens is 3. The van der Waals surface area contributed by atoms with Crippen molar-refractivity contribution in [3.05, 3.63) is 102 Å². The Morgan fingerprint density at radius 3 is 2.06 bits per heavy atom. The molecule has 0 saturated heterocycles. The van der Waals surface area contributed by atoms with Crippen LogP contribution in [0.2, 0.25) is 0 Å². The number of allylic oxidation sites excluding steroid dienone is 8. The van der Waals surface area contributed by atoms with Crippen LogP contribution in [0.1, 0.15) is 72.3 Å². The zero-order valence-corrected chi connectivity index (χ0v) is 28.6. The van der Waals surface area contributed by atoms with Crippen LogP contribution >= 0.6 is 0 Å². The lowest BCUT2D eigenvalue weighted by molar-refractivity contribution is -0.170. The van der Waals surface area contributed by atoms with Gasteiger partial charge in [-0.1, -0.05) is 93.3 Å². The summed E-state index contributed by atoms with van der Waals surface area (Å²) in [6, 6.07) is 7.95. The molecule has 4 N–H and O–H groups in total. The van der Waals surface area contributed by atoms with Crippen LogP contribution in [0, 0.1) is 0 Å². The summed E-state index contributed by atoms with van der Waals surface area (Å²) in [7, 11) is 0. The number of amides is 4. The van der Waals surface area contributed by atoms with Crippen molar-refractivity contribution in [2.75, 3.05) is 13.1 Å². The van der Waals surface area contributed by atoms with E-state index in [1.54, 1.807) is 31.2 Å². The first kappa shape index (κ1) is 41.4. The summed E-state index contributed by atoms with van der Waals surface area (Å²) < 4.78 is 40.2. The van der Waals surface area contributed by atoms with Crippen LogP contribution in [0.25, 0.3) is 5.57 Å². The number of hydrogen-bond acceptors (Lipinski definition) is 4. The third-order valence-electron chi connectivity index (χ3n) is 7.17. The van der Waals surface area contributed by atoms with Crippen molar-refractivity contribution in [2.24, 2.45) is 0 Å². The molecule has 0 spiro atoms. The Bertz CT molecular complexity index is 1400. The summed E-state index contributed by atoms with van der Waals surface area (Å²) in [5, 5.41) is 9.70. The molecule has 1 fully saturated rings. The molecule has 4 amide bonds. The predicted octanol–water partition coefficient (Wildman–Crippen LogP) is 6.41. The van der Waals surface area contributed by atoms with Gasteiger partial charge in [-0.05, 0) is 62.8 Å². The molecule has 1 aliphatic carbocycles. The molecule has 1 aliphatic rings. The predicted molar refractivity (Wildman–Crippen MR) is 185 cm³/mol. The van der Waals surface area contributed by atoms with Crippen molar-refractivity contribution < 1.29 is 32.3 Å². The van der Waals surface area contributed by atoms with Gasteiger partial charge in [-0.3, -0.25) is 19.2 Å². The van der Waals surface area contributed by atoms with Crippen molar-refractivity contribution in [3.8, 4) is 0 Å². The number of nitrogens with one attached hydrogen (secondary N) is 4. The molecule has 1 saturated carbocycles. The maximum atomic E-state index is 13.4. The highest BCUT2D eigenvalue weighted by atomic mass is 19.4. The van der Waals surface area contributed by atoms with Crippen LogP contribution in [0.15, 0.2) is 96.7 Å². The quantitative estimate of drug-likeness (QED) is 0.0872. The molecule has 1 atom stereocenters. The maximum absolute atomic E-state index is 13.4. The van der Waals surface area contributed by atoms with Gasteiger partial charge in [-0.2, -0.15) is 13.2 Å². The van der Waals surface area contributed by atoms with Gasteiger partial charge in [0.25, 0.3) is 5.91 Å². The summed E-state index contributed by atoms with van der Waals surface area (Å²) in [6.45, 7) is 17.0. The van der Waals surface area contributed by atoms with E-state index in [1.807, 2.05) is 75.5 Å². The fourth-order valence-corrected chi connectivity index (χ4v) is 4.29. The van der Waals surface area contributed by atoms with E-state index < -0.39 is 47.8 Å². The Morgan fingerprint density at radius 1 is 0.917 bits per heavy atom. The minimum absolute atomic E-state index is 0.00636. The largest absolute Gasteiger partial charge is 0.411 e. The van der Waals surface area contributed by atoms with E-state index in [0.717, 1.165) is 22.3 Å². The molecule has 2 rings (SSSR count). The second kappa shape index (κ2) is 20.5. The third-order valence-corrected chi connectivity index (χ3v) is 7.17. The van der Waals surface area contributed by atoms with Gasteiger partial charge in [-0.25, -0.2) is 0 Å². The minimum atomic E-state index is -4.63. The van der Waals surface area contributed by atoms with Crippen molar-refractivity contribution >= 4 is 29.2 Å². The van der Waals surface area contributed by atoms with E-state index in [1.165, 1.54) is 0 Å². The minimum Gasteiger partial charge on any atom is -0.353 e. The maximum Gasteiger partial charge on any atom is 0.411 e. The van der Waals surface area contributed by atoms with E-state index >= 15 is 0 Å². The van der Waals surface area contributed by atoms with Gasteiger partial charge in [0, 0.05) is 25.1 Å². The molecule has 0 bridgehead atoms. The SMILES string of the molecule is C=C/C(=C\C=C(C)C)CCC(=O)NC(CC(=O)NC1(C(F)(F)F)CC1)C(=O)NCCNC(=O)C(=C/C)/C=C(\C=C)c1ccccc1.CC. The Kier molecular flexibility index (Phi) is 17.7. The van der Waals surface area contributed by atoms with Gasteiger partial charge in [0.2, 0.25) is 17.7 Å². The van der Waals surface area contributed by atoms with Crippen molar-refractivity contribution in [3.63, 3.8) is 0 Å². The summed E-state index contributed by atoms with van der Waals surface area (Å²) >= 11 is 0. The number of hydrogen-bond donors (Lipinski definition) is 4. The summed E-state index contributed by atoms with van der Waals surface area (Å²) in [5.41, 5.74) is 1.48. The molecule has 0 aliphatic heterocycles. The first-order chi connectivity index (χ1) is 22.7. The Balaban J connectivity index is 0.00000565. The highest BCUT2D eigenvalue weighted by Crippen LogP contribution is 2.48. The lowest BCUT2D eigenvalue weighted by atomic mass is 10.0. The van der Waals surface area contributed by atoms with Gasteiger partial charge in [0.15, 0.2) is 0 Å². The number of benzene rings is 1. The first-order valence-corrected chi connectivity index (χ1v) is 16.0. The second-order valence-electron chi connectivity index (χ2n) is 11.1. The third kappa shape index (κ3) is 14.0. The highest BCUT2D eigenvalue weighted by Gasteiger charge is 2.64. The molecule has 48 heavy (non-hydrogen) atoms. The van der Waals surface area contributed by atoms with E-state index in [2.05, 4.69) is 29.1 Å². The van der Waals surface area contributed by atoms with Crippen molar-refractivity contribution in [2.45, 2.75) is 84.5 Å². The Hall–Kier alpha value is -4.67. The Labute approximate surface area is 282 Å². The molecule has 0 aromatic heterocycles. The molecule has 0 radical (unpaired) electrons. The average molecular weight is 671 g/mol. The monoisotopic (exact) mass is 670 g/mol. The zero-order valence-electron chi connectivity index (χ0n) is 28.6. The fourth-order valence-electron chi connectivity index (χ4n) is 4.29. The number of carbonyl (C=O) groups is 4. The molecule has 262 valence electrons. The fraction of sp³-hybridized carbons (Fsp3) is 0.405. The summed E-state index contributed by atoms with van der Waals surface area (Å²) in [6.07, 6.45) is 4.63. The normalized spacial score (nSPS) is 14.6. The number of carbonyl (C=O) groups excluding carboxylic acids is 4. The van der Waals surface area contributed by atoms with Gasteiger partial charge in [0.1, 0.15) is 11.6 Å². The first-order valence-electron chi connectivity index (χ1n) is 16.0. The van der Waals surface area contributed by atoms with Crippen LogP contribution in [-0.4, -0.2) is 54.5 Å². The van der Waals surface area contributed by atoms with Crippen molar-refractivity contribution in [1.82, 2.24) is 21.3 Å². The smallest absolute Gasteiger partial charge is 0.353 e. The standard InChI is InChI=1S/C35H43F3N4O4.C2H6/c1-6-25(15-14-24(4)5)16-17-30(43)41-29(23-31(44)42-34(18-19-34)35(36,37)38)33(46)40-21-20-39-32(45)27(8-3)22-26(7-2)28-12-10-9-11-13-28;1-2/h6-15,22,29H,1-2,16-21,23H2,3-5H3,(H,39,45)(H,40,46)(H,41,43)(H,42,44);1-2H3/b25-15+,26-22+,27-8+;. The molecule has 1 unspecified atom stereocenters. The zero-order chi connectivity index (χ0) is 36.3. The number of alkyl halides is 3. The molecule has 1 aromatic carbocycles. The van der Waals surface area contributed by atoms with Gasteiger partial charge < -0.3 is 21.3 Å². The summed E-state index contributed by atoms with van der Waals surface area (Å²) in [5.74, 6) is -2.76. The van der Waals surface area contributed by atoms with Crippen LogP contribution in [0.4, 0.5) is 13.2 Å². The summed E-state index contributed by atoms with van der Waals surface area (Å²) in [4.78, 5) is 51.2. The van der Waals surface area contributed by atoms with Crippen LogP contribution < -0.4 is 21.3 Å². The molecule has 11 heteroatoms. The van der Waals surface area contributed by atoms with Crippen LogP contribution in [0.3, 0.4) is 0 Å². The molecule has 1 aromatic rings. The topological polar surface area (TPSA) is 116 Å². The van der Waals surface area contributed by atoms with E-state index in [9.17, 15) is 32.3 Å². The van der Waals surface area contributed by atoms with E-state index in [-0.39, 0.29) is 32.4 Å². The molecular formula is C37H49F3N4O4. The Morgan fingerprint density at radius 2 is 1.54 bits per heavy atom. The lowest BCUT2D eigenvalue weighted by Crippen LogP contribution is -2.53. The van der Waals surface area contributed by atoms with Crippen molar-refractivity contribution in [1.29, 1.82) is 0 Å². The lowest BCUT2D eigenvalue weighted by Gasteiger charge is -2.23. The highest BCUT2D eigenvalue weighted by molar-refractivity contribution is 5.99. The molecule has 8 nitrogen and oxygen atoms in total. The van der Waals surface area contributed by atoms with Crippen LogP contribution in [-0.2, 0) is 19.2 Å². The van der Waals surface area contributed by atoms with Gasteiger partial charge in [0.05, 0.1) is 6.42 Å². The average Bonchev–Trinajstić information content (AvgIpc) is 3.85.